The van der Waals surface area contributed by atoms with Crippen LogP contribution in [-0.2, 0) is 0 Å². The molecule has 2 N–H and O–H groups in total. The van der Waals surface area contributed by atoms with Crippen molar-refractivity contribution in [2.24, 2.45) is 11.8 Å². The van der Waals surface area contributed by atoms with Crippen molar-refractivity contribution in [3.05, 3.63) is 36.8 Å². The van der Waals surface area contributed by atoms with E-state index >= 15 is 0 Å². The monoisotopic (exact) mass is 283 g/mol. The normalized spacial score (nSPS) is 22.4. The third-order valence-electron chi connectivity index (χ3n) is 4.78. The highest BCUT2D eigenvalue weighted by molar-refractivity contribution is 5.62. The van der Waals surface area contributed by atoms with E-state index in [1.807, 2.05) is 6.20 Å². The molecule has 0 radical (unpaired) electrons. The predicted octanol–water partition coefficient (Wildman–Crippen LogP) is 4.70. The van der Waals surface area contributed by atoms with Gasteiger partial charge < -0.3 is 10.3 Å². The van der Waals surface area contributed by atoms with E-state index < -0.39 is 0 Å². The largest absolute Gasteiger partial charge is 0.382 e. The Labute approximate surface area is 127 Å². The predicted molar refractivity (Wildman–Crippen MR) is 88.2 cm³/mol. The van der Waals surface area contributed by atoms with Crippen LogP contribution in [-0.4, -0.2) is 16.0 Å². The van der Waals surface area contributed by atoms with E-state index in [2.05, 4.69) is 53.4 Å². The van der Waals surface area contributed by atoms with Crippen LogP contribution in [0.3, 0.4) is 0 Å². The maximum Gasteiger partial charge on any atom is 0.0924 e. The number of hydrogen-bond acceptors (Lipinski definition) is 2. The maximum atomic E-state index is 4.06. The third kappa shape index (κ3) is 3.46. The number of hydrogen-bond donors (Lipinski definition) is 2. The Morgan fingerprint density at radius 3 is 2.38 bits per heavy atom. The smallest absolute Gasteiger partial charge is 0.0924 e. The van der Waals surface area contributed by atoms with E-state index in [4.69, 9.17) is 0 Å². The second-order valence-electron chi connectivity index (χ2n) is 6.54. The van der Waals surface area contributed by atoms with Gasteiger partial charge >= 0.3 is 0 Å². The molecular weight excluding hydrogens is 258 g/mol. The minimum Gasteiger partial charge on any atom is -0.382 e. The Kier molecular flexibility index (Phi) is 4.28. The van der Waals surface area contributed by atoms with Crippen LogP contribution in [0.4, 0.5) is 5.69 Å². The molecule has 0 saturated heterocycles. The lowest BCUT2D eigenvalue weighted by Gasteiger charge is -2.31. The summed E-state index contributed by atoms with van der Waals surface area (Å²) < 4.78 is 0. The molecule has 0 bridgehead atoms. The summed E-state index contributed by atoms with van der Waals surface area (Å²) in [6.07, 6.45) is 8.89. The van der Waals surface area contributed by atoms with Gasteiger partial charge in [-0.3, -0.25) is 0 Å². The fourth-order valence-electron chi connectivity index (χ4n) is 3.33. The minimum atomic E-state index is 0.637. The second kappa shape index (κ2) is 6.33. The standard InChI is InChI=1S/C18H25N3/c1-13(2)14-3-7-16(8-4-14)21-17-9-5-15(6-10-17)18-11-19-12-20-18/h5-6,9-14,16,21H,3-4,7-8H2,1-2H3,(H,19,20). The molecule has 0 aliphatic heterocycles. The van der Waals surface area contributed by atoms with Crippen molar-refractivity contribution in [2.75, 3.05) is 5.32 Å². The van der Waals surface area contributed by atoms with Gasteiger partial charge in [-0.1, -0.05) is 26.0 Å². The van der Waals surface area contributed by atoms with Crippen molar-refractivity contribution < 1.29 is 0 Å². The lowest BCUT2D eigenvalue weighted by atomic mass is 9.79. The zero-order chi connectivity index (χ0) is 14.7. The summed E-state index contributed by atoms with van der Waals surface area (Å²) in [6.45, 7) is 4.71. The molecule has 0 spiro atoms. The first-order valence-electron chi connectivity index (χ1n) is 8.07. The molecule has 0 atom stereocenters. The lowest BCUT2D eigenvalue weighted by molar-refractivity contribution is 0.267. The van der Waals surface area contributed by atoms with E-state index in [0.29, 0.717) is 6.04 Å². The van der Waals surface area contributed by atoms with E-state index in [1.54, 1.807) is 6.33 Å². The number of benzene rings is 1. The quantitative estimate of drug-likeness (QED) is 0.853. The van der Waals surface area contributed by atoms with Crippen molar-refractivity contribution >= 4 is 5.69 Å². The summed E-state index contributed by atoms with van der Waals surface area (Å²) in [5, 5.41) is 3.69. The van der Waals surface area contributed by atoms with Gasteiger partial charge in [-0.2, -0.15) is 0 Å². The number of nitrogens with one attached hydrogen (secondary N) is 2. The van der Waals surface area contributed by atoms with Crippen molar-refractivity contribution in [1.82, 2.24) is 9.97 Å². The van der Waals surface area contributed by atoms with Gasteiger partial charge in [0.2, 0.25) is 0 Å². The molecule has 1 aliphatic carbocycles. The van der Waals surface area contributed by atoms with Crippen LogP contribution in [0.15, 0.2) is 36.8 Å². The molecule has 3 heteroatoms. The molecule has 1 heterocycles. The number of H-pyrrole nitrogens is 1. The number of aromatic amines is 1. The number of nitrogens with zero attached hydrogens (tertiary/aromatic N) is 1. The summed E-state index contributed by atoms with van der Waals surface area (Å²) in [5.41, 5.74) is 3.48. The first-order chi connectivity index (χ1) is 10.2. The molecule has 1 aromatic carbocycles. The summed E-state index contributed by atoms with van der Waals surface area (Å²) in [7, 11) is 0. The van der Waals surface area contributed by atoms with Crippen molar-refractivity contribution in [2.45, 2.75) is 45.6 Å². The Balaban J connectivity index is 1.57. The zero-order valence-electron chi connectivity index (χ0n) is 13.0. The molecule has 1 fully saturated rings. The van der Waals surface area contributed by atoms with Crippen LogP contribution >= 0.6 is 0 Å². The molecule has 0 amide bonds. The van der Waals surface area contributed by atoms with Gasteiger partial charge in [-0.05, 0) is 55.2 Å². The first-order valence-corrected chi connectivity index (χ1v) is 8.07. The Morgan fingerprint density at radius 1 is 1.10 bits per heavy atom. The highest BCUT2D eigenvalue weighted by Crippen LogP contribution is 2.31. The highest BCUT2D eigenvalue weighted by atomic mass is 14.9. The van der Waals surface area contributed by atoms with E-state index in [9.17, 15) is 0 Å². The molecule has 1 saturated carbocycles. The van der Waals surface area contributed by atoms with E-state index in [1.165, 1.54) is 36.9 Å². The van der Waals surface area contributed by atoms with Crippen LogP contribution in [0.5, 0.6) is 0 Å². The minimum absolute atomic E-state index is 0.637. The van der Waals surface area contributed by atoms with Gasteiger partial charge in [0.25, 0.3) is 0 Å². The Hall–Kier alpha value is -1.77. The average molecular weight is 283 g/mol. The number of rotatable bonds is 4. The molecule has 0 unspecified atom stereocenters. The van der Waals surface area contributed by atoms with Gasteiger partial charge in [0.1, 0.15) is 0 Å². The van der Waals surface area contributed by atoms with Crippen molar-refractivity contribution in [1.29, 1.82) is 0 Å². The van der Waals surface area contributed by atoms with Crippen molar-refractivity contribution in [3.63, 3.8) is 0 Å². The fourth-order valence-corrected chi connectivity index (χ4v) is 3.33. The van der Waals surface area contributed by atoms with Gasteiger partial charge in [-0.15, -0.1) is 0 Å². The lowest BCUT2D eigenvalue weighted by Crippen LogP contribution is -2.27. The molecular formula is C18H25N3. The van der Waals surface area contributed by atoms with Gasteiger partial charge in [-0.25, -0.2) is 4.98 Å². The molecule has 1 aliphatic rings. The van der Waals surface area contributed by atoms with E-state index in [0.717, 1.165) is 17.5 Å². The number of aromatic nitrogens is 2. The summed E-state index contributed by atoms with van der Waals surface area (Å²) >= 11 is 0. The third-order valence-corrected chi connectivity index (χ3v) is 4.78. The zero-order valence-corrected chi connectivity index (χ0v) is 13.0. The molecule has 21 heavy (non-hydrogen) atoms. The SMILES string of the molecule is CC(C)C1CCC(Nc2ccc(-c3cnc[nH]3)cc2)CC1. The average Bonchev–Trinajstić information content (AvgIpc) is 3.03. The number of imidazole rings is 1. The van der Waals surface area contributed by atoms with Crippen LogP contribution in [0.2, 0.25) is 0 Å². The number of anilines is 1. The summed E-state index contributed by atoms with van der Waals surface area (Å²) in [4.78, 5) is 7.20. The van der Waals surface area contributed by atoms with Gasteiger partial charge in [0.05, 0.1) is 18.2 Å². The maximum absolute atomic E-state index is 4.06. The molecule has 1 aromatic heterocycles. The molecule has 3 nitrogen and oxygen atoms in total. The first kappa shape index (κ1) is 14.2. The van der Waals surface area contributed by atoms with E-state index in [-0.39, 0.29) is 0 Å². The Morgan fingerprint density at radius 2 is 1.81 bits per heavy atom. The molecule has 112 valence electrons. The summed E-state index contributed by atoms with van der Waals surface area (Å²) in [5.74, 6) is 1.76. The topological polar surface area (TPSA) is 40.7 Å². The van der Waals surface area contributed by atoms with Crippen LogP contribution in [0, 0.1) is 11.8 Å². The van der Waals surface area contributed by atoms with Gasteiger partial charge in [0, 0.05) is 11.7 Å². The van der Waals surface area contributed by atoms with Crippen LogP contribution in [0.25, 0.3) is 11.3 Å². The summed E-state index contributed by atoms with van der Waals surface area (Å²) in [6, 6.07) is 9.28. The van der Waals surface area contributed by atoms with Crippen LogP contribution in [0.1, 0.15) is 39.5 Å². The molecule has 3 rings (SSSR count). The second-order valence-corrected chi connectivity index (χ2v) is 6.54. The highest BCUT2D eigenvalue weighted by Gasteiger charge is 2.22. The fraction of sp³-hybridized carbons (Fsp3) is 0.500. The Bertz CT molecular complexity index is 534. The van der Waals surface area contributed by atoms with Crippen LogP contribution < -0.4 is 5.32 Å². The molecule has 2 aromatic rings. The van der Waals surface area contributed by atoms with Crippen molar-refractivity contribution in [3.8, 4) is 11.3 Å². The van der Waals surface area contributed by atoms with Gasteiger partial charge in [0.15, 0.2) is 0 Å².